The molecule has 1 aromatic rings. The van der Waals surface area contributed by atoms with Crippen molar-refractivity contribution in [1.82, 2.24) is 10.7 Å². The molecule has 0 fully saturated rings. The van der Waals surface area contributed by atoms with Crippen molar-refractivity contribution in [3.63, 3.8) is 0 Å². The summed E-state index contributed by atoms with van der Waals surface area (Å²) in [6.45, 7) is -0.0260. The summed E-state index contributed by atoms with van der Waals surface area (Å²) in [6.07, 6.45) is 1.60. The van der Waals surface area contributed by atoms with Crippen LogP contribution < -0.4 is 20.2 Å². The van der Waals surface area contributed by atoms with Crippen LogP contribution in [0.4, 0.5) is 0 Å². The van der Waals surface area contributed by atoms with Gasteiger partial charge in [0.1, 0.15) is 6.07 Å². The molecule has 0 radical (unpaired) electrons. The number of hydrogen-bond acceptors (Lipinski definition) is 5. The van der Waals surface area contributed by atoms with Crippen LogP contribution in [-0.2, 0) is 0 Å². The first kappa shape index (κ1) is 14.7. The Labute approximate surface area is 117 Å². The fourth-order valence-corrected chi connectivity index (χ4v) is 1.27. The Morgan fingerprint density at radius 2 is 2.32 bits per heavy atom. The van der Waals surface area contributed by atoms with Crippen LogP contribution in [0.1, 0.15) is 5.56 Å². The van der Waals surface area contributed by atoms with Gasteiger partial charge in [-0.05, 0) is 36.0 Å². The van der Waals surface area contributed by atoms with Crippen LogP contribution in [0, 0.1) is 11.3 Å². The lowest BCUT2D eigenvalue weighted by Gasteiger charge is -2.08. The van der Waals surface area contributed by atoms with Gasteiger partial charge < -0.3 is 14.8 Å². The highest BCUT2D eigenvalue weighted by molar-refractivity contribution is 7.80. The molecule has 0 saturated heterocycles. The van der Waals surface area contributed by atoms with Crippen molar-refractivity contribution in [3.05, 3.63) is 23.8 Å². The van der Waals surface area contributed by atoms with Gasteiger partial charge in [-0.2, -0.15) is 10.4 Å². The van der Waals surface area contributed by atoms with Crippen molar-refractivity contribution in [3.8, 4) is 17.6 Å². The number of nitriles is 1. The lowest BCUT2D eigenvalue weighted by atomic mass is 10.2. The third kappa shape index (κ3) is 4.81. The normalized spacial score (nSPS) is 9.74. The maximum Gasteiger partial charge on any atom is 0.186 e. The molecule has 0 amide bonds. The number of nitrogens with zero attached hydrogens (tertiary/aromatic N) is 2. The Morgan fingerprint density at radius 3 is 2.95 bits per heavy atom. The summed E-state index contributed by atoms with van der Waals surface area (Å²) in [5.41, 5.74) is 3.45. The van der Waals surface area contributed by atoms with E-state index in [2.05, 4.69) is 15.8 Å². The number of ether oxygens (including phenoxy) is 2. The number of rotatable bonds is 5. The van der Waals surface area contributed by atoms with Crippen molar-refractivity contribution < 1.29 is 9.47 Å². The van der Waals surface area contributed by atoms with Crippen molar-refractivity contribution in [2.45, 2.75) is 0 Å². The van der Waals surface area contributed by atoms with Gasteiger partial charge in [-0.1, -0.05) is 0 Å². The zero-order valence-electron chi connectivity index (χ0n) is 10.6. The standard InChI is InChI=1S/C12H14N4O2S/c1-14-12(19)16-15-8-9-3-4-10(18-6-5-13)11(7-9)17-2/h3-4,7-8H,6H2,1-2H3,(H2,14,16,19)/b15-8-. The molecule has 100 valence electrons. The molecule has 0 spiro atoms. The zero-order valence-corrected chi connectivity index (χ0v) is 11.5. The minimum absolute atomic E-state index is 0.0260. The molecule has 0 heterocycles. The molecular weight excluding hydrogens is 264 g/mol. The molecule has 1 rings (SSSR count). The van der Waals surface area contributed by atoms with E-state index in [0.29, 0.717) is 16.6 Å². The summed E-state index contributed by atoms with van der Waals surface area (Å²) in [5.74, 6) is 1.05. The highest BCUT2D eigenvalue weighted by Crippen LogP contribution is 2.27. The van der Waals surface area contributed by atoms with Crippen LogP contribution >= 0.6 is 12.2 Å². The first-order valence-corrected chi connectivity index (χ1v) is 5.80. The lowest BCUT2D eigenvalue weighted by molar-refractivity contribution is 0.329. The molecule has 0 unspecified atom stereocenters. The third-order valence-electron chi connectivity index (χ3n) is 2.09. The van der Waals surface area contributed by atoms with Gasteiger partial charge in [-0.3, -0.25) is 5.43 Å². The van der Waals surface area contributed by atoms with Crippen LogP contribution in [0.2, 0.25) is 0 Å². The van der Waals surface area contributed by atoms with Gasteiger partial charge in [-0.15, -0.1) is 0 Å². The van der Waals surface area contributed by atoms with Gasteiger partial charge in [0.15, 0.2) is 23.2 Å². The maximum atomic E-state index is 8.47. The predicted molar refractivity (Wildman–Crippen MR) is 76.5 cm³/mol. The average Bonchev–Trinajstić information content (AvgIpc) is 2.45. The van der Waals surface area contributed by atoms with Crippen LogP contribution in [0.25, 0.3) is 0 Å². The summed E-state index contributed by atoms with van der Waals surface area (Å²) in [7, 11) is 3.24. The van der Waals surface area contributed by atoms with Gasteiger partial charge in [0.25, 0.3) is 0 Å². The van der Waals surface area contributed by atoms with E-state index >= 15 is 0 Å². The topological polar surface area (TPSA) is 78.7 Å². The Kier molecular flexibility index (Phi) is 6.12. The number of nitrogens with one attached hydrogen (secondary N) is 2. The third-order valence-corrected chi connectivity index (χ3v) is 2.38. The summed E-state index contributed by atoms with van der Waals surface area (Å²) < 4.78 is 10.4. The summed E-state index contributed by atoms with van der Waals surface area (Å²) in [6, 6.07) is 7.16. The zero-order chi connectivity index (χ0) is 14.1. The Balaban J connectivity index is 2.76. The van der Waals surface area contributed by atoms with Crippen LogP contribution in [-0.4, -0.2) is 32.1 Å². The molecule has 0 bridgehead atoms. The smallest absolute Gasteiger partial charge is 0.186 e. The number of hydrogen-bond donors (Lipinski definition) is 2. The van der Waals surface area contributed by atoms with Gasteiger partial charge in [-0.25, -0.2) is 0 Å². The van der Waals surface area contributed by atoms with E-state index in [1.807, 2.05) is 6.07 Å². The van der Waals surface area contributed by atoms with Crippen LogP contribution in [0.3, 0.4) is 0 Å². The largest absolute Gasteiger partial charge is 0.493 e. The summed E-state index contributed by atoms with van der Waals surface area (Å²) >= 11 is 4.88. The van der Waals surface area contributed by atoms with Crippen molar-refractivity contribution in [1.29, 1.82) is 5.26 Å². The van der Waals surface area contributed by atoms with E-state index in [4.69, 9.17) is 27.0 Å². The molecule has 1 aromatic carbocycles. The number of benzene rings is 1. The fourth-order valence-electron chi connectivity index (χ4n) is 1.22. The lowest BCUT2D eigenvalue weighted by Crippen LogP contribution is -2.28. The van der Waals surface area contributed by atoms with Crippen molar-refractivity contribution in [2.24, 2.45) is 5.10 Å². The molecular formula is C12H14N4O2S. The SMILES string of the molecule is CNC(=S)N/N=C\c1ccc(OCC#N)c(OC)c1. The highest BCUT2D eigenvalue weighted by atomic mass is 32.1. The second-order valence-corrected chi connectivity index (χ2v) is 3.71. The second kappa shape index (κ2) is 7.89. The van der Waals surface area contributed by atoms with E-state index in [9.17, 15) is 0 Å². The molecule has 0 aliphatic heterocycles. The van der Waals surface area contributed by atoms with Crippen LogP contribution in [0.5, 0.6) is 11.5 Å². The average molecular weight is 278 g/mol. The van der Waals surface area contributed by atoms with Gasteiger partial charge in [0.2, 0.25) is 0 Å². The number of thiocarbonyl (C=S) groups is 1. The second-order valence-electron chi connectivity index (χ2n) is 3.31. The van der Waals surface area contributed by atoms with E-state index in [0.717, 1.165) is 5.56 Å². The van der Waals surface area contributed by atoms with Crippen LogP contribution in [0.15, 0.2) is 23.3 Å². The molecule has 0 aliphatic rings. The molecule has 2 N–H and O–H groups in total. The first-order valence-electron chi connectivity index (χ1n) is 5.39. The molecule has 19 heavy (non-hydrogen) atoms. The van der Waals surface area contributed by atoms with Crippen molar-refractivity contribution >= 4 is 23.5 Å². The molecule has 0 aromatic heterocycles. The highest BCUT2D eigenvalue weighted by Gasteiger charge is 2.04. The minimum Gasteiger partial charge on any atom is -0.493 e. The van der Waals surface area contributed by atoms with E-state index in [1.54, 1.807) is 31.5 Å². The number of hydrazone groups is 1. The first-order chi connectivity index (χ1) is 9.21. The summed E-state index contributed by atoms with van der Waals surface area (Å²) in [4.78, 5) is 0. The molecule has 6 nitrogen and oxygen atoms in total. The van der Waals surface area contributed by atoms with Gasteiger partial charge in [0.05, 0.1) is 13.3 Å². The number of methoxy groups -OCH3 is 1. The van der Waals surface area contributed by atoms with Gasteiger partial charge >= 0.3 is 0 Å². The Morgan fingerprint density at radius 1 is 1.53 bits per heavy atom. The predicted octanol–water partition coefficient (Wildman–Crippen LogP) is 1.03. The fraction of sp³-hybridized carbons (Fsp3) is 0.250. The molecule has 0 aliphatic carbocycles. The Bertz CT molecular complexity index is 511. The van der Waals surface area contributed by atoms with Gasteiger partial charge in [0, 0.05) is 7.05 Å². The molecule has 0 atom stereocenters. The quantitative estimate of drug-likeness (QED) is 0.476. The molecule has 7 heteroatoms. The van der Waals surface area contributed by atoms with E-state index < -0.39 is 0 Å². The summed E-state index contributed by atoms with van der Waals surface area (Å²) in [5, 5.41) is 15.6. The van der Waals surface area contributed by atoms with Crippen molar-refractivity contribution in [2.75, 3.05) is 20.8 Å². The van der Waals surface area contributed by atoms with E-state index in [1.165, 1.54) is 7.11 Å². The Hall–Kier alpha value is -2.33. The maximum absolute atomic E-state index is 8.47. The van der Waals surface area contributed by atoms with E-state index in [-0.39, 0.29) is 6.61 Å². The monoisotopic (exact) mass is 278 g/mol. The molecule has 0 saturated carbocycles. The minimum atomic E-state index is -0.0260.